The van der Waals surface area contributed by atoms with Crippen LogP contribution < -0.4 is 0 Å². The van der Waals surface area contributed by atoms with Crippen molar-refractivity contribution in [2.24, 2.45) is 11.8 Å². The van der Waals surface area contributed by atoms with Crippen LogP contribution in [0.25, 0.3) is 0 Å². The average Bonchev–Trinajstić information content (AvgIpc) is 3.09. The molecule has 0 amide bonds. The van der Waals surface area contributed by atoms with E-state index in [-0.39, 0.29) is 29.0 Å². The van der Waals surface area contributed by atoms with Gasteiger partial charge in [0.1, 0.15) is 5.92 Å². The van der Waals surface area contributed by atoms with Gasteiger partial charge in [0.05, 0.1) is 12.7 Å². The molecule has 3 aromatic carbocycles. The lowest BCUT2D eigenvalue weighted by Gasteiger charge is -2.46. The third-order valence-corrected chi connectivity index (χ3v) is 7.34. The molecule has 0 heterocycles. The van der Waals surface area contributed by atoms with Gasteiger partial charge in [0.2, 0.25) is 0 Å². The number of hydrogen-bond acceptors (Lipinski definition) is 4. The predicted molar refractivity (Wildman–Crippen MR) is 114 cm³/mol. The SMILES string of the molecule is COC(=O)c1ccccc1C1C(=O)C2C3c4ccccc4C(c4ccccc43)C2C1=O. The molecule has 1 fully saturated rings. The molecule has 1 saturated carbocycles. The van der Waals surface area contributed by atoms with E-state index in [4.69, 9.17) is 4.74 Å². The Morgan fingerprint density at radius 3 is 1.45 bits per heavy atom. The molecule has 2 bridgehead atoms. The molecule has 4 heteroatoms. The first-order valence-electron chi connectivity index (χ1n) is 10.6. The number of hydrogen-bond donors (Lipinski definition) is 0. The third-order valence-electron chi connectivity index (χ3n) is 7.34. The monoisotopic (exact) mass is 408 g/mol. The summed E-state index contributed by atoms with van der Waals surface area (Å²) in [5.41, 5.74) is 5.35. The fourth-order valence-electron chi connectivity index (χ4n) is 6.24. The Morgan fingerprint density at radius 2 is 1.03 bits per heavy atom. The highest BCUT2D eigenvalue weighted by Gasteiger charge is 2.62. The van der Waals surface area contributed by atoms with Gasteiger partial charge in [-0.1, -0.05) is 66.7 Å². The summed E-state index contributed by atoms with van der Waals surface area (Å²) in [4.78, 5) is 40.1. The number of esters is 1. The maximum absolute atomic E-state index is 13.9. The number of benzene rings is 3. The summed E-state index contributed by atoms with van der Waals surface area (Å²) in [6, 6.07) is 23.2. The van der Waals surface area contributed by atoms with Crippen LogP contribution in [-0.4, -0.2) is 24.6 Å². The summed E-state index contributed by atoms with van der Waals surface area (Å²) in [5, 5.41) is 0. The van der Waals surface area contributed by atoms with Crippen LogP contribution in [0, 0.1) is 11.8 Å². The molecule has 0 aliphatic heterocycles. The molecule has 2 atom stereocenters. The second-order valence-electron chi connectivity index (χ2n) is 8.58. The van der Waals surface area contributed by atoms with Gasteiger partial charge >= 0.3 is 5.97 Å². The minimum atomic E-state index is -0.932. The Morgan fingerprint density at radius 1 is 0.645 bits per heavy atom. The maximum atomic E-state index is 13.9. The van der Waals surface area contributed by atoms with Crippen molar-refractivity contribution in [2.75, 3.05) is 7.11 Å². The van der Waals surface area contributed by atoms with Gasteiger partial charge in [-0.3, -0.25) is 9.59 Å². The maximum Gasteiger partial charge on any atom is 0.338 e. The zero-order chi connectivity index (χ0) is 21.3. The van der Waals surface area contributed by atoms with Crippen molar-refractivity contribution in [2.45, 2.75) is 17.8 Å². The van der Waals surface area contributed by atoms with E-state index in [1.807, 2.05) is 24.3 Å². The summed E-state index contributed by atoms with van der Waals surface area (Å²) in [5.74, 6) is -2.69. The molecule has 4 aliphatic rings. The number of carbonyl (C=O) groups is 3. The van der Waals surface area contributed by atoms with E-state index >= 15 is 0 Å². The highest BCUT2D eigenvalue weighted by Crippen LogP contribution is 2.62. The Bertz CT molecular complexity index is 1160. The normalized spacial score (nSPS) is 27.5. The van der Waals surface area contributed by atoms with Crippen LogP contribution in [0.3, 0.4) is 0 Å². The molecule has 3 aromatic rings. The van der Waals surface area contributed by atoms with Gasteiger partial charge in [0, 0.05) is 23.7 Å². The van der Waals surface area contributed by atoms with E-state index in [9.17, 15) is 14.4 Å². The second-order valence-corrected chi connectivity index (χ2v) is 8.58. The van der Waals surface area contributed by atoms with Crippen molar-refractivity contribution in [1.29, 1.82) is 0 Å². The molecule has 7 rings (SSSR count). The van der Waals surface area contributed by atoms with Crippen LogP contribution >= 0.6 is 0 Å². The Hall–Kier alpha value is -3.53. The highest BCUT2D eigenvalue weighted by molar-refractivity contribution is 6.18. The number of carbonyl (C=O) groups excluding carboxylic acids is 3. The van der Waals surface area contributed by atoms with Gasteiger partial charge < -0.3 is 4.74 Å². The van der Waals surface area contributed by atoms with E-state index in [2.05, 4.69) is 24.3 Å². The summed E-state index contributed by atoms with van der Waals surface area (Å²) in [7, 11) is 1.31. The van der Waals surface area contributed by atoms with Crippen molar-refractivity contribution < 1.29 is 19.1 Å². The Labute approximate surface area is 179 Å². The van der Waals surface area contributed by atoms with Crippen molar-refractivity contribution in [3.8, 4) is 0 Å². The van der Waals surface area contributed by atoms with Crippen molar-refractivity contribution >= 4 is 17.5 Å². The zero-order valence-corrected chi connectivity index (χ0v) is 16.9. The number of rotatable bonds is 2. The van der Waals surface area contributed by atoms with Crippen LogP contribution in [0.1, 0.15) is 55.9 Å². The number of methoxy groups -OCH3 is 1. The second kappa shape index (κ2) is 6.48. The van der Waals surface area contributed by atoms with E-state index in [0.29, 0.717) is 5.56 Å². The standard InChI is InChI=1S/C27H20O4/c1-31-27(30)19-13-7-6-12-18(19)22-25(28)23-20-14-8-2-3-9-15(14)21(24(23)26(22)29)17-11-5-4-10-16(17)20/h2-13,20-24H,1H3. The molecule has 4 nitrogen and oxygen atoms in total. The van der Waals surface area contributed by atoms with Gasteiger partial charge in [-0.15, -0.1) is 0 Å². The first-order chi connectivity index (χ1) is 15.1. The number of ketones is 2. The molecule has 2 unspecified atom stereocenters. The summed E-state index contributed by atoms with van der Waals surface area (Å²) in [6.45, 7) is 0. The third kappa shape index (κ3) is 2.27. The van der Waals surface area contributed by atoms with Gasteiger partial charge in [-0.25, -0.2) is 4.79 Å². The van der Waals surface area contributed by atoms with E-state index < -0.39 is 23.7 Å². The molecule has 0 radical (unpaired) electrons. The fourth-order valence-corrected chi connectivity index (χ4v) is 6.24. The highest BCUT2D eigenvalue weighted by atomic mass is 16.5. The lowest BCUT2D eigenvalue weighted by Crippen LogP contribution is -2.41. The van der Waals surface area contributed by atoms with Crippen LogP contribution in [0.2, 0.25) is 0 Å². The number of Topliss-reactive ketones (excluding diaryl/α,β-unsaturated/α-hetero) is 2. The molecule has 152 valence electrons. The van der Waals surface area contributed by atoms with Crippen LogP contribution in [0.15, 0.2) is 72.8 Å². The Kier molecular flexibility index (Phi) is 3.82. The Balaban J connectivity index is 1.55. The lowest BCUT2D eigenvalue weighted by molar-refractivity contribution is -0.125. The molecular formula is C27H20O4. The quantitative estimate of drug-likeness (QED) is 0.470. The largest absolute Gasteiger partial charge is 0.465 e. The first-order valence-corrected chi connectivity index (χ1v) is 10.6. The predicted octanol–water partition coefficient (Wildman–Crippen LogP) is 4.23. The van der Waals surface area contributed by atoms with E-state index in [0.717, 1.165) is 22.3 Å². The van der Waals surface area contributed by atoms with Gasteiger partial charge in [0.25, 0.3) is 0 Å². The lowest BCUT2D eigenvalue weighted by atomic mass is 9.55. The van der Waals surface area contributed by atoms with Crippen LogP contribution in [0.4, 0.5) is 0 Å². The molecule has 0 saturated heterocycles. The summed E-state index contributed by atoms with van der Waals surface area (Å²) in [6.07, 6.45) is 0. The topological polar surface area (TPSA) is 60.4 Å². The van der Waals surface area contributed by atoms with E-state index in [1.165, 1.54) is 7.11 Å². The summed E-state index contributed by atoms with van der Waals surface area (Å²) < 4.78 is 4.92. The van der Waals surface area contributed by atoms with Crippen LogP contribution in [0.5, 0.6) is 0 Å². The van der Waals surface area contributed by atoms with Crippen LogP contribution in [-0.2, 0) is 14.3 Å². The molecule has 0 N–H and O–H groups in total. The van der Waals surface area contributed by atoms with Crippen molar-refractivity contribution in [1.82, 2.24) is 0 Å². The molecule has 0 aromatic heterocycles. The smallest absolute Gasteiger partial charge is 0.338 e. The van der Waals surface area contributed by atoms with Gasteiger partial charge in [0.15, 0.2) is 11.6 Å². The first kappa shape index (κ1) is 18.3. The minimum Gasteiger partial charge on any atom is -0.465 e. The molecule has 0 spiro atoms. The minimum absolute atomic E-state index is 0.0784. The molecular weight excluding hydrogens is 388 g/mol. The molecule has 4 aliphatic carbocycles. The van der Waals surface area contributed by atoms with Crippen molar-refractivity contribution in [3.05, 3.63) is 106 Å². The fraction of sp³-hybridized carbons (Fsp3) is 0.222. The zero-order valence-electron chi connectivity index (χ0n) is 16.9. The van der Waals surface area contributed by atoms with Crippen molar-refractivity contribution in [3.63, 3.8) is 0 Å². The van der Waals surface area contributed by atoms with Gasteiger partial charge in [-0.2, -0.15) is 0 Å². The average molecular weight is 408 g/mol. The summed E-state index contributed by atoms with van der Waals surface area (Å²) >= 11 is 0. The number of ether oxygens (including phenoxy) is 1. The van der Waals surface area contributed by atoms with Gasteiger partial charge in [-0.05, 0) is 33.9 Å². The van der Waals surface area contributed by atoms with E-state index in [1.54, 1.807) is 24.3 Å². The molecule has 31 heavy (non-hydrogen) atoms.